The Morgan fingerprint density at radius 1 is 1.12 bits per heavy atom. The van der Waals surface area contributed by atoms with E-state index in [0.717, 1.165) is 0 Å². The predicted molar refractivity (Wildman–Crippen MR) is 55.4 cm³/mol. The zero-order valence-electron chi connectivity index (χ0n) is 8.40. The van der Waals surface area contributed by atoms with Crippen molar-refractivity contribution in [2.45, 2.75) is 0 Å². The summed E-state index contributed by atoms with van der Waals surface area (Å²) in [4.78, 5) is 0. The van der Waals surface area contributed by atoms with Crippen molar-refractivity contribution in [3.05, 3.63) is 30.3 Å². The molecule has 7 heteroatoms. The third-order valence-corrected chi connectivity index (χ3v) is 1.98. The van der Waals surface area contributed by atoms with Gasteiger partial charge in [-0.05, 0) is 12.1 Å². The lowest BCUT2D eigenvalue weighted by atomic mass is 10.3. The van der Waals surface area contributed by atoms with E-state index in [0.29, 0.717) is 5.75 Å². The standard InChI is InChI=1S/C9H12O6S/c10-16(11,12)15-7-6-13-8-14-9-4-2-1-3-5-9/h1-5H,6-8H2,(H,10,11,12). The molecule has 0 heterocycles. The number of ether oxygens (including phenoxy) is 2. The van der Waals surface area contributed by atoms with Crippen molar-refractivity contribution in [2.24, 2.45) is 0 Å². The largest absolute Gasteiger partial charge is 0.468 e. The normalized spacial score (nSPS) is 11.3. The molecule has 0 aliphatic carbocycles. The number of hydrogen-bond donors (Lipinski definition) is 1. The molecule has 0 bridgehead atoms. The Balaban J connectivity index is 2.05. The van der Waals surface area contributed by atoms with Crippen LogP contribution in [0.3, 0.4) is 0 Å². The Bertz CT molecular complexity index is 388. The van der Waals surface area contributed by atoms with Crippen LogP contribution in [0.4, 0.5) is 0 Å². The van der Waals surface area contributed by atoms with E-state index in [9.17, 15) is 8.42 Å². The van der Waals surface area contributed by atoms with Crippen molar-refractivity contribution < 1.29 is 26.6 Å². The zero-order valence-corrected chi connectivity index (χ0v) is 9.22. The van der Waals surface area contributed by atoms with E-state index in [1.54, 1.807) is 12.1 Å². The summed E-state index contributed by atoms with van der Waals surface area (Å²) in [6.45, 7) is -0.261. The van der Waals surface area contributed by atoms with Gasteiger partial charge in [0.1, 0.15) is 5.75 Å². The topological polar surface area (TPSA) is 82.1 Å². The van der Waals surface area contributed by atoms with Crippen molar-refractivity contribution >= 4 is 10.4 Å². The van der Waals surface area contributed by atoms with Crippen LogP contribution in [0.25, 0.3) is 0 Å². The summed E-state index contributed by atoms with van der Waals surface area (Å²) in [6.07, 6.45) is 0. The van der Waals surface area contributed by atoms with E-state index >= 15 is 0 Å². The third-order valence-electron chi connectivity index (χ3n) is 1.51. The molecule has 90 valence electrons. The van der Waals surface area contributed by atoms with Gasteiger partial charge in [-0.25, -0.2) is 4.18 Å². The van der Waals surface area contributed by atoms with Crippen LogP contribution in [-0.2, 0) is 19.3 Å². The van der Waals surface area contributed by atoms with Gasteiger partial charge in [-0.2, -0.15) is 8.42 Å². The molecule has 0 saturated heterocycles. The fourth-order valence-corrected chi connectivity index (χ4v) is 1.16. The molecule has 1 N–H and O–H groups in total. The van der Waals surface area contributed by atoms with Crippen LogP contribution in [0, 0.1) is 0 Å². The van der Waals surface area contributed by atoms with Crippen molar-refractivity contribution in [1.29, 1.82) is 0 Å². The van der Waals surface area contributed by atoms with Gasteiger partial charge in [0.05, 0.1) is 13.2 Å². The maximum Gasteiger partial charge on any atom is 0.397 e. The summed E-state index contributed by atoms with van der Waals surface area (Å²) in [5.41, 5.74) is 0. The molecule has 0 atom stereocenters. The monoisotopic (exact) mass is 248 g/mol. The molecule has 16 heavy (non-hydrogen) atoms. The van der Waals surface area contributed by atoms with Gasteiger partial charge in [0.25, 0.3) is 0 Å². The second kappa shape index (κ2) is 6.44. The highest BCUT2D eigenvalue weighted by molar-refractivity contribution is 7.80. The van der Waals surface area contributed by atoms with Gasteiger partial charge in [-0.3, -0.25) is 4.55 Å². The lowest BCUT2D eigenvalue weighted by molar-refractivity contribution is 0.00189. The summed E-state index contributed by atoms with van der Waals surface area (Å²) < 4.78 is 42.6. The first-order valence-electron chi connectivity index (χ1n) is 4.45. The van der Waals surface area contributed by atoms with Crippen LogP contribution in [-0.4, -0.2) is 33.0 Å². The summed E-state index contributed by atoms with van der Waals surface area (Å²) in [7, 11) is -4.38. The minimum Gasteiger partial charge on any atom is -0.468 e. The SMILES string of the molecule is O=S(=O)(O)OCCOCOc1ccccc1. The second-order valence-electron chi connectivity index (χ2n) is 2.73. The molecule has 0 radical (unpaired) electrons. The summed E-state index contributed by atoms with van der Waals surface area (Å²) in [6, 6.07) is 9.01. The molecule has 0 unspecified atom stereocenters. The van der Waals surface area contributed by atoms with Crippen LogP contribution in [0.15, 0.2) is 30.3 Å². The Hall–Kier alpha value is -1.15. The van der Waals surface area contributed by atoms with E-state index in [-0.39, 0.29) is 20.0 Å². The third kappa shape index (κ3) is 6.36. The summed E-state index contributed by atoms with van der Waals surface area (Å²) in [5.74, 6) is 0.651. The van der Waals surface area contributed by atoms with Gasteiger partial charge in [-0.15, -0.1) is 0 Å². The van der Waals surface area contributed by atoms with Crippen molar-refractivity contribution in [3.63, 3.8) is 0 Å². The molecule has 0 spiro atoms. The Labute approximate surface area is 93.7 Å². The molecular weight excluding hydrogens is 236 g/mol. The highest BCUT2D eigenvalue weighted by atomic mass is 32.3. The quantitative estimate of drug-likeness (QED) is 0.438. The van der Waals surface area contributed by atoms with Crippen LogP contribution >= 0.6 is 0 Å². The molecule has 0 amide bonds. The first-order chi connectivity index (χ1) is 7.58. The van der Waals surface area contributed by atoms with Crippen LogP contribution in [0.2, 0.25) is 0 Å². The number of para-hydroxylation sites is 1. The lowest BCUT2D eigenvalue weighted by Crippen LogP contribution is -2.12. The molecule has 0 aliphatic rings. The van der Waals surface area contributed by atoms with Crippen molar-refractivity contribution in [3.8, 4) is 5.75 Å². The Morgan fingerprint density at radius 3 is 2.44 bits per heavy atom. The van der Waals surface area contributed by atoms with Crippen molar-refractivity contribution in [2.75, 3.05) is 20.0 Å². The molecule has 1 aromatic carbocycles. The maximum atomic E-state index is 10.1. The van der Waals surface area contributed by atoms with E-state index in [1.165, 1.54) is 0 Å². The van der Waals surface area contributed by atoms with Gasteiger partial charge < -0.3 is 9.47 Å². The number of hydrogen-bond acceptors (Lipinski definition) is 5. The van der Waals surface area contributed by atoms with Gasteiger partial charge in [0.15, 0.2) is 6.79 Å². The highest BCUT2D eigenvalue weighted by Gasteiger charge is 2.02. The minimum atomic E-state index is -4.38. The maximum absolute atomic E-state index is 10.1. The molecule has 0 fully saturated rings. The first-order valence-corrected chi connectivity index (χ1v) is 5.82. The number of benzene rings is 1. The molecule has 1 aromatic rings. The molecule has 0 aliphatic heterocycles. The smallest absolute Gasteiger partial charge is 0.397 e. The molecule has 0 saturated carbocycles. The van der Waals surface area contributed by atoms with Gasteiger partial charge in [0.2, 0.25) is 0 Å². The van der Waals surface area contributed by atoms with Crippen LogP contribution in [0.1, 0.15) is 0 Å². The van der Waals surface area contributed by atoms with E-state index in [1.807, 2.05) is 18.2 Å². The average Bonchev–Trinajstić information content (AvgIpc) is 2.23. The summed E-state index contributed by atoms with van der Waals surface area (Å²) in [5, 5.41) is 0. The average molecular weight is 248 g/mol. The van der Waals surface area contributed by atoms with Crippen LogP contribution < -0.4 is 4.74 Å². The van der Waals surface area contributed by atoms with E-state index in [4.69, 9.17) is 14.0 Å². The highest BCUT2D eigenvalue weighted by Crippen LogP contribution is 2.07. The molecule has 6 nitrogen and oxygen atoms in total. The van der Waals surface area contributed by atoms with Crippen molar-refractivity contribution in [1.82, 2.24) is 0 Å². The molecular formula is C9H12O6S. The number of rotatable bonds is 7. The Kier molecular flexibility index (Phi) is 5.20. The Morgan fingerprint density at radius 2 is 1.81 bits per heavy atom. The minimum absolute atomic E-state index is 0.00657. The second-order valence-corrected chi connectivity index (χ2v) is 3.82. The fourth-order valence-electron chi connectivity index (χ4n) is 0.884. The molecule has 1 rings (SSSR count). The fraction of sp³-hybridized carbons (Fsp3) is 0.333. The van der Waals surface area contributed by atoms with E-state index < -0.39 is 10.4 Å². The van der Waals surface area contributed by atoms with E-state index in [2.05, 4.69) is 4.18 Å². The molecule has 0 aromatic heterocycles. The lowest BCUT2D eigenvalue weighted by Gasteiger charge is -2.06. The summed E-state index contributed by atoms with van der Waals surface area (Å²) >= 11 is 0. The van der Waals surface area contributed by atoms with Gasteiger partial charge in [0, 0.05) is 0 Å². The zero-order chi connectivity index (χ0) is 11.9. The van der Waals surface area contributed by atoms with Gasteiger partial charge in [-0.1, -0.05) is 18.2 Å². The van der Waals surface area contributed by atoms with Crippen LogP contribution in [0.5, 0.6) is 5.75 Å². The first kappa shape index (κ1) is 12.9. The predicted octanol–water partition coefficient (Wildman–Crippen LogP) is 0.859. The van der Waals surface area contributed by atoms with Gasteiger partial charge >= 0.3 is 10.4 Å².